The fraction of sp³-hybridized carbons (Fsp3) is 0.160. The van der Waals surface area contributed by atoms with Crippen LogP contribution in [0.25, 0.3) is 10.2 Å². The highest BCUT2D eigenvalue weighted by atomic mass is 32.1. The normalized spacial score (nSPS) is 12.0. The number of rotatable bonds is 5. The van der Waals surface area contributed by atoms with Gasteiger partial charge in [-0.25, -0.2) is 4.98 Å². The molecule has 0 aliphatic carbocycles. The van der Waals surface area contributed by atoms with Gasteiger partial charge in [0.1, 0.15) is 5.01 Å². The maximum atomic E-state index is 5.59. The summed E-state index contributed by atoms with van der Waals surface area (Å²) in [7, 11) is 0. The quantitative estimate of drug-likeness (QED) is 0.382. The Hall–Kier alpha value is -2.89. The molecule has 1 heterocycles. The van der Waals surface area contributed by atoms with E-state index in [1.165, 1.54) is 21.4 Å². The van der Waals surface area contributed by atoms with Gasteiger partial charge in [-0.1, -0.05) is 61.4 Å². The van der Waals surface area contributed by atoms with Crippen LogP contribution in [-0.4, -0.2) is 4.98 Å². The maximum Gasteiger partial charge on any atom is 0.102 e. The number of hydrogen-bond acceptors (Lipinski definition) is 2. The van der Waals surface area contributed by atoms with E-state index in [9.17, 15) is 0 Å². The first-order valence-electron chi connectivity index (χ1n) is 9.26. The molecule has 4 aromatic rings. The lowest BCUT2D eigenvalue weighted by atomic mass is 9.92. The third kappa shape index (κ3) is 3.79. The van der Waals surface area contributed by atoms with Crippen molar-refractivity contribution in [3.63, 3.8) is 0 Å². The van der Waals surface area contributed by atoms with Crippen molar-refractivity contribution in [2.75, 3.05) is 0 Å². The zero-order valence-corrected chi connectivity index (χ0v) is 16.2. The topological polar surface area (TPSA) is 12.9 Å². The molecule has 27 heavy (non-hydrogen) atoms. The highest BCUT2D eigenvalue weighted by Gasteiger charge is 2.19. The Morgan fingerprint density at radius 1 is 0.963 bits per heavy atom. The predicted molar refractivity (Wildman–Crippen MR) is 115 cm³/mol. The molecule has 132 valence electrons. The summed E-state index contributed by atoms with van der Waals surface area (Å²) >= 11 is 1.81. The van der Waals surface area contributed by atoms with Crippen LogP contribution in [0, 0.1) is 12.3 Å². The molecule has 0 saturated carbocycles. The predicted octanol–water partition coefficient (Wildman–Crippen LogP) is 6.21. The molecular formula is C25H21NS. The number of thiazole rings is 1. The lowest BCUT2D eigenvalue weighted by Crippen LogP contribution is -2.05. The van der Waals surface area contributed by atoms with Gasteiger partial charge in [0.15, 0.2) is 0 Å². The summed E-state index contributed by atoms with van der Waals surface area (Å²) in [5.41, 5.74) is 5.91. The van der Waals surface area contributed by atoms with Crippen LogP contribution < -0.4 is 0 Å². The van der Waals surface area contributed by atoms with Gasteiger partial charge in [-0.05, 0) is 53.8 Å². The number of nitrogens with zero attached hydrogens (tertiary/aromatic N) is 1. The van der Waals surface area contributed by atoms with Gasteiger partial charge in [0, 0.05) is 11.5 Å². The largest absolute Gasteiger partial charge is 0.241 e. The van der Waals surface area contributed by atoms with Crippen molar-refractivity contribution in [3.05, 3.63) is 100 Å². The summed E-state index contributed by atoms with van der Waals surface area (Å²) in [6.45, 7) is 2.19. The first-order chi connectivity index (χ1) is 13.3. The first kappa shape index (κ1) is 17.5. The van der Waals surface area contributed by atoms with Crippen molar-refractivity contribution >= 4 is 21.6 Å². The van der Waals surface area contributed by atoms with Crippen LogP contribution in [0.1, 0.15) is 40.1 Å². The van der Waals surface area contributed by atoms with E-state index in [2.05, 4.69) is 73.5 Å². The van der Waals surface area contributed by atoms with Gasteiger partial charge in [0.2, 0.25) is 0 Å². The van der Waals surface area contributed by atoms with E-state index < -0.39 is 0 Å². The molecule has 0 aliphatic rings. The Balaban J connectivity index is 1.77. The van der Waals surface area contributed by atoms with E-state index in [1.807, 2.05) is 23.5 Å². The van der Waals surface area contributed by atoms with Crippen molar-refractivity contribution in [2.24, 2.45) is 0 Å². The van der Waals surface area contributed by atoms with Crippen LogP contribution >= 0.6 is 11.3 Å². The molecule has 0 N–H and O–H groups in total. The fourth-order valence-electron chi connectivity index (χ4n) is 3.41. The minimum atomic E-state index is 0.224. The van der Waals surface area contributed by atoms with Crippen LogP contribution in [0.5, 0.6) is 0 Å². The standard InChI is InChI=1S/C25H21NS/c1-3-18-9-8-10-20(15-18)16-22(21-11-6-5-7-12-21)25-26-23-14-13-19(4-2)17-24(23)27-25/h1,5-15,17,22H,4,16H2,2H3. The minimum Gasteiger partial charge on any atom is -0.241 e. The van der Waals surface area contributed by atoms with Crippen LogP contribution in [-0.2, 0) is 12.8 Å². The second-order valence-electron chi connectivity index (χ2n) is 6.72. The van der Waals surface area contributed by atoms with Crippen molar-refractivity contribution < 1.29 is 0 Å². The van der Waals surface area contributed by atoms with Gasteiger partial charge in [-0.3, -0.25) is 0 Å². The molecular weight excluding hydrogens is 346 g/mol. The summed E-state index contributed by atoms with van der Waals surface area (Å²) in [5.74, 6) is 2.97. The Labute approximate surface area is 164 Å². The van der Waals surface area contributed by atoms with Gasteiger partial charge in [0.25, 0.3) is 0 Å². The van der Waals surface area contributed by atoms with E-state index >= 15 is 0 Å². The Morgan fingerprint density at radius 2 is 1.81 bits per heavy atom. The van der Waals surface area contributed by atoms with Crippen LogP contribution in [0.4, 0.5) is 0 Å². The molecule has 0 radical (unpaired) electrons. The van der Waals surface area contributed by atoms with E-state index in [4.69, 9.17) is 11.4 Å². The SMILES string of the molecule is C#Cc1cccc(CC(c2ccccc2)c2nc3ccc(CC)cc3s2)c1. The average molecular weight is 368 g/mol. The Morgan fingerprint density at radius 3 is 2.59 bits per heavy atom. The first-order valence-corrected chi connectivity index (χ1v) is 10.1. The number of terminal acetylenes is 1. The molecule has 0 fully saturated rings. The van der Waals surface area contributed by atoms with E-state index in [0.717, 1.165) is 28.9 Å². The lowest BCUT2D eigenvalue weighted by molar-refractivity contribution is 0.798. The van der Waals surface area contributed by atoms with E-state index in [1.54, 1.807) is 0 Å². The average Bonchev–Trinajstić information content (AvgIpc) is 3.15. The summed E-state index contributed by atoms with van der Waals surface area (Å²) in [5, 5.41) is 1.16. The number of aromatic nitrogens is 1. The van der Waals surface area contributed by atoms with Gasteiger partial charge < -0.3 is 0 Å². The Kier molecular flexibility index (Phi) is 5.05. The highest BCUT2D eigenvalue weighted by molar-refractivity contribution is 7.18. The third-order valence-corrected chi connectivity index (χ3v) is 6.04. The van der Waals surface area contributed by atoms with Crippen LogP contribution in [0.3, 0.4) is 0 Å². The van der Waals surface area contributed by atoms with Gasteiger partial charge in [-0.15, -0.1) is 17.8 Å². The molecule has 0 aliphatic heterocycles. The zero-order chi connectivity index (χ0) is 18.6. The summed E-state index contributed by atoms with van der Waals surface area (Å²) < 4.78 is 1.27. The minimum absolute atomic E-state index is 0.224. The molecule has 3 aromatic carbocycles. The van der Waals surface area contributed by atoms with Crippen molar-refractivity contribution in [2.45, 2.75) is 25.7 Å². The van der Waals surface area contributed by atoms with Crippen LogP contribution in [0.15, 0.2) is 72.8 Å². The summed E-state index contributed by atoms with van der Waals surface area (Å²) in [6.07, 6.45) is 7.52. The molecule has 0 spiro atoms. The molecule has 1 atom stereocenters. The molecule has 1 aromatic heterocycles. The highest BCUT2D eigenvalue weighted by Crippen LogP contribution is 2.34. The molecule has 0 amide bonds. The van der Waals surface area contributed by atoms with E-state index in [-0.39, 0.29) is 5.92 Å². The third-order valence-electron chi connectivity index (χ3n) is 4.91. The maximum absolute atomic E-state index is 5.59. The fourth-order valence-corrected chi connectivity index (χ4v) is 4.57. The summed E-state index contributed by atoms with van der Waals surface area (Å²) in [6, 6.07) is 25.5. The lowest BCUT2D eigenvalue weighted by Gasteiger charge is -2.15. The number of aryl methyl sites for hydroxylation is 1. The van der Waals surface area contributed by atoms with Crippen molar-refractivity contribution in [1.29, 1.82) is 0 Å². The van der Waals surface area contributed by atoms with Crippen LogP contribution in [0.2, 0.25) is 0 Å². The van der Waals surface area contributed by atoms with Crippen molar-refractivity contribution in [3.8, 4) is 12.3 Å². The van der Waals surface area contributed by atoms with Gasteiger partial charge in [0.05, 0.1) is 10.2 Å². The number of hydrogen-bond donors (Lipinski definition) is 0. The Bertz CT molecular complexity index is 1100. The monoisotopic (exact) mass is 367 g/mol. The smallest absolute Gasteiger partial charge is 0.102 e. The zero-order valence-electron chi connectivity index (χ0n) is 15.4. The van der Waals surface area contributed by atoms with Gasteiger partial charge >= 0.3 is 0 Å². The molecule has 0 bridgehead atoms. The molecule has 2 heteroatoms. The molecule has 1 nitrogen and oxygen atoms in total. The second kappa shape index (κ2) is 7.78. The number of fused-ring (bicyclic) bond motifs is 1. The molecule has 0 saturated heterocycles. The van der Waals surface area contributed by atoms with E-state index in [0.29, 0.717) is 0 Å². The number of benzene rings is 3. The van der Waals surface area contributed by atoms with Crippen molar-refractivity contribution in [1.82, 2.24) is 4.98 Å². The van der Waals surface area contributed by atoms with Gasteiger partial charge in [-0.2, -0.15) is 0 Å². The second-order valence-corrected chi connectivity index (χ2v) is 7.78. The summed E-state index contributed by atoms with van der Waals surface area (Å²) in [4.78, 5) is 4.98. The molecule has 1 unspecified atom stereocenters. The molecule has 4 rings (SSSR count).